The molecule has 1 aliphatic rings. The SMILES string of the molecule is CNc1ncc(Br)cc1S(=O)(=O)N1CCC(O)CC1. The number of hydrogen-bond donors (Lipinski definition) is 2. The van der Waals surface area contributed by atoms with Gasteiger partial charge in [0, 0.05) is 30.8 Å². The van der Waals surface area contributed by atoms with E-state index in [4.69, 9.17) is 0 Å². The third kappa shape index (κ3) is 3.07. The zero-order valence-corrected chi connectivity index (χ0v) is 12.9. The second kappa shape index (κ2) is 5.74. The summed E-state index contributed by atoms with van der Waals surface area (Å²) in [4.78, 5) is 4.21. The third-order valence-electron chi connectivity index (χ3n) is 3.10. The second-order valence-electron chi connectivity index (χ2n) is 4.39. The van der Waals surface area contributed by atoms with Gasteiger partial charge in [0.2, 0.25) is 10.0 Å². The maximum atomic E-state index is 12.6. The topological polar surface area (TPSA) is 82.5 Å². The molecule has 19 heavy (non-hydrogen) atoms. The predicted molar refractivity (Wildman–Crippen MR) is 75.5 cm³/mol. The molecule has 2 N–H and O–H groups in total. The van der Waals surface area contributed by atoms with Crippen LogP contribution in [0.15, 0.2) is 21.6 Å². The van der Waals surface area contributed by atoms with E-state index in [9.17, 15) is 13.5 Å². The van der Waals surface area contributed by atoms with E-state index in [2.05, 4.69) is 26.2 Å². The van der Waals surface area contributed by atoms with Crippen molar-refractivity contribution in [3.8, 4) is 0 Å². The van der Waals surface area contributed by atoms with Crippen LogP contribution in [0.2, 0.25) is 0 Å². The summed E-state index contributed by atoms with van der Waals surface area (Å²) in [6.07, 6.45) is 2.08. The van der Waals surface area contributed by atoms with Gasteiger partial charge in [-0.15, -0.1) is 0 Å². The second-order valence-corrected chi connectivity index (χ2v) is 7.21. The van der Waals surface area contributed by atoms with Crippen LogP contribution in [0.25, 0.3) is 0 Å². The Labute approximate surface area is 121 Å². The minimum Gasteiger partial charge on any atom is -0.393 e. The maximum absolute atomic E-state index is 12.6. The smallest absolute Gasteiger partial charge is 0.246 e. The Morgan fingerprint density at radius 2 is 2.11 bits per heavy atom. The van der Waals surface area contributed by atoms with E-state index in [1.165, 1.54) is 4.31 Å². The number of aromatic nitrogens is 1. The highest BCUT2D eigenvalue weighted by molar-refractivity contribution is 9.10. The lowest BCUT2D eigenvalue weighted by Gasteiger charge is -2.29. The summed E-state index contributed by atoms with van der Waals surface area (Å²) >= 11 is 3.24. The molecule has 0 aliphatic carbocycles. The molecule has 2 rings (SSSR count). The first-order valence-corrected chi connectivity index (χ1v) is 8.20. The van der Waals surface area contributed by atoms with Crippen LogP contribution >= 0.6 is 15.9 Å². The Balaban J connectivity index is 2.36. The first kappa shape index (κ1) is 14.7. The molecule has 8 heteroatoms. The van der Waals surface area contributed by atoms with Crippen LogP contribution in [0.5, 0.6) is 0 Å². The number of sulfonamides is 1. The number of aliphatic hydroxyl groups excluding tert-OH is 1. The van der Waals surface area contributed by atoms with Gasteiger partial charge in [-0.1, -0.05) is 0 Å². The molecule has 1 aromatic heterocycles. The monoisotopic (exact) mass is 349 g/mol. The number of pyridine rings is 1. The van der Waals surface area contributed by atoms with E-state index in [-0.39, 0.29) is 4.90 Å². The number of anilines is 1. The van der Waals surface area contributed by atoms with E-state index in [1.807, 2.05) is 0 Å². The molecule has 0 amide bonds. The number of aliphatic hydroxyl groups is 1. The van der Waals surface area contributed by atoms with Gasteiger partial charge in [-0.05, 0) is 34.8 Å². The van der Waals surface area contributed by atoms with Gasteiger partial charge in [0.05, 0.1) is 6.10 Å². The van der Waals surface area contributed by atoms with Crippen molar-refractivity contribution in [2.75, 3.05) is 25.5 Å². The van der Waals surface area contributed by atoms with Gasteiger partial charge in [-0.3, -0.25) is 0 Å². The van der Waals surface area contributed by atoms with Gasteiger partial charge in [-0.25, -0.2) is 13.4 Å². The molecule has 2 heterocycles. The number of nitrogens with one attached hydrogen (secondary N) is 1. The molecule has 6 nitrogen and oxygen atoms in total. The van der Waals surface area contributed by atoms with Crippen LogP contribution in [-0.2, 0) is 10.0 Å². The minimum atomic E-state index is -3.58. The molecule has 1 fully saturated rings. The highest BCUT2D eigenvalue weighted by atomic mass is 79.9. The average molecular weight is 350 g/mol. The third-order valence-corrected chi connectivity index (χ3v) is 5.44. The fraction of sp³-hybridized carbons (Fsp3) is 0.545. The summed E-state index contributed by atoms with van der Waals surface area (Å²) in [7, 11) is -1.95. The molecular formula is C11H16BrN3O3S. The van der Waals surface area contributed by atoms with Gasteiger partial charge < -0.3 is 10.4 Å². The van der Waals surface area contributed by atoms with Crippen molar-refractivity contribution in [2.24, 2.45) is 0 Å². The standard InChI is InChI=1S/C11H16BrN3O3S/c1-13-11-10(6-8(12)7-14-11)19(17,18)15-4-2-9(16)3-5-15/h6-7,9,16H,2-5H2,1H3,(H,13,14). The fourth-order valence-electron chi connectivity index (χ4n) is 2.03. The van der Waals surface area contributed by atoms with Crippen molar-refractivity contribution in [1.82, 2.24) is 9.29 Å². The first-order valence-electron chi connectivity index (χ1n) is 5.96. The van der Waals surface area contributed by atoms with Crippen LogP contribution in [0.3, 0.4) is 0 Å². The van der Waals surface area contributed by atoms with Gasteiger partial charge in [0.25, 0.3) is 0 Å². The molecule has 0 saturated carbocycles. The van der Waals surface area contributed by atoms with E-state index >= 15 is 0 Å². The first-order chi connectivity index (χ1) is 8.95. The zero-order chi connectivity index (χ0) is 14.0. The van der Waals surface area contributed by atoms with Gasteiger partial charge in [-0.2, -0.15) is 4.31 Å². The Morgan fingerprint density at radius 3 is 2.68 bits per heavy atom. The molecule has 0 aromatic carbocycles. The summed E-state index contributed by atoms with van der Waals surface area (Å²) in [5.74, 6) is 0.328. The lowest BCUT2D eigenvalue weighted by Crippen LogP contribution is -2.40. The lowest BCUT2D eigenvalue weighted by molar-refractivity contribution is 0.113. The Hall–Kier alpha value is -0.700. The molecule has 1 aromatic rings. The molecule has 0 atom stereocenters. The molecule has 106 valence electrons. The maximum Gasteiger partial charge on any atom is 0.246 e. The van der Waals surface area contributed by atoms with Crippen molar-refractivity contribution in [2.45, 2.75) is 23.8 Å². The summed E-state index contributed by atoms with van der Waals surface area (Å²) < 4.78 is 27.1. The summed E-state index contributed by atoms with van der Waals surface area (Å²) in [6, 6.07) is 1.54. The summed E-state index contributed by atoms with van der Waals surface area (Å²) in [6.45, 7) is 0.665. The van der Waals surface area contributed by atoms with Crippen LogP contribution in [-0.4, -0.2) is 49.1 Å². The molecule has 0 unspecified atom stereocenters. The van der Waals surface area contributed by atoms with Crippen LogP contribution in [0.1, 0.15) is 12.8 Å². The van der Waals surface area contributed by atoms with Gasteiger partial charge >= 0.3 is 0 Å². The highest BCUT2D eigenvalue weighted by Gasteiger charge is 2.31. The Morgan fingerprint density at radius 1 is 1.47 bits per heavy atom. The molecular weight excluding hydrogens is 334 g/mol. The summed E-state index contributed by atoms with van der Waals surface area (Å²) in [5, 5.41) is 12.2. The quantitative estimate of drug-likeness (QED) is 0.851. The minimum absolute atomic E-state index is 0.153. The van der Waals surface area contributed by atoms with Crippen LogP contribution < -0.4 is 5.32 Å². The number of nitrogens with zero attached hydrogens (tertiary/aromatic N) is 2. The zero-order valence-electron chi connectivity index (χ0n) is 10.5. The van der Waals surface area contributed by atoms with Crippen LogP contribution in [0.4, 0.5) is 5.82 Å². The molecule has 0 radical (unpaired) electrons. The lowest BCUT2D eigenvalue weighted by atomic mass is 10.1. The van der Waals surface area contributed by atoms with Crippen molar-refractivity contribution in [3.05, 3.63) is 16.7 Å². The van der Waals surface area contributed by atoms with Crippen molar-refractivity contribution >= 4 is 31.8 Å². The van der Waals surface area contributed by atoms with Gasteiger partial charge in [0.1, 0.15) is 10.7 Å². The average Bonchev–Trinajstić information content (AvgIpc) is 2.39. The fourth-order valence-corrected chi connectivity index (χ4v) is 4.15. The number of halogens is 1. The summed E-state index contributed by atoms with van der Waals surface area (Å²) in [5.41, 5.74) is 0. The highest BCUT2D eigenvalue weighted by Crippen LogP contribution is 2.27. The van der Waals surface area contributed by atoms with E-state index in [0.717, 1.165) is 0 Å². The van der Waals surface area contributed by atoms with E-state index in [0.29, 0.717) is 36.2 Å². The number of piperidine rings is 1. The van der Waals surface area contributed by atoms with E-state index < -0.39 is 16.1 Å². The molecule has 0 bridgehead atoms. The van der Waals surface area contributed by atoms with Gasteiger partial charge in [0.15, 0.2) is 0 Å². The number of rotatable bonds is 3. The molecule has 0 spiro atoms. The molecule has 1 aliphatic heterocycles. The Bertz CT molecular complexity index is 556. The van der Waals surface area contributed by atoms with Crippen molar-refractivity contribution in [3.63, 3.8) is 0 Å². The number of hydrogen-bond acceptors (Lipinski definition) is 5. The van der Waals surface area contributed by atoms with E-state index in [1.54, 1.807) is 19.3 Å². The predicted octanol–water partition coefficient (Wildman–Crippen LogP) is 1.03. The van der Waals surface area contributed by atoms with Crippen molar-refractivity contribution in [1.29, 1.82) is 0 Å². The van der Waals surface area contributed by atoms with Crippen LogP contribution in [0, 0.1) is 0 Å². The normalized spacial score (nSPS) is 18.5. The molecule has 1 saturated heterocycles. The van der Waals surface area contributed by atoms with Crippen molar-refractivity contribution < 1.29 is 13.5 Å². The Kier molecular flexibility index (Phi) is 4.44. The largest absolute Gasteiger partial charge is 0.393 e.